The van der Waals surface area contributed by atoms with Gasteiger partial charge in [-0.2, -0.15) is 0 Å². The predicted octanol–water partition coefficient (Wildman–Crippen LogP) is 2.20. The Balaban J connectivity index is 1.75. The second kappa shape index (κ2) is 5.03. The van der Waals surface area contributed by atoms with Gasteiger partial charge in [0.1, 0.15) is 10.0 Å². The van der Waals surface area contributed by atoms with E-state index in [9.17, 15) is 0 Å². The van der Waals surface area contributed by atoms with Gasteiger partial charge in [-0.3, -0.25) is 0 Å². The van der Waals surface area contributed by atoms with E-state index in [0.29, 0.717) is 0 Å². The first-order chi connectivity index (χ1) is 7.31. The highest BCUT2D eigenvalue weighted by atomic mass is 32.1. The zero-order valence-electron chi connectivity index (χ0n) is 9.49. The highest BCUT2D eigenvalue weighted by Crippen LogP contribution is 2.47. The van der Waals surface area contributed by atoms with Crippen molar-refractivity contribution >= 4 is 11.3 Å². The zero-order chi connectivity index (χ0) is 10.7. The molecule has 2 atom stereocenters. The van der Waals surface area contributed by atoms with E-state index in [1.807, 2.05) is 0 Å². The molecule has 1 aromatic rings. The second-order valence-electron chi connectivity index (χ2n) is 4.35. The molecule has 2 unspecified atom stereocenters. The van der Waals surface area contributed by atoms with E-state index >= 15 is 0 Å². The number of nitrogens with zero attached hydrogens (tertiary/aromatic N) is 2. The summed E-state index contributed by atoms with van der Waals surface area (Å²) >= 11 is 1.80. The van der Waals surface area contributed by atoms with Crippen molar-refractivity contribution in [3.8, 4) is 0 Å². The van der Waals surface area contributed by atoms with Crippen molar-refractivity contribution in [2.45, 2.75) is 39.0 Å². The fraction of sp³-hybridized carbons (Fsp3) is 0.818. The van der Waals surface area contributed by atoms with Crippen LogP contribution in [0, 0.1) is 5.92 Å². The van der Waals surface area contributed by atoms with Crippen LogP contribution in [0.4, 0.5) is 0 Å². The highest BCUT2D eigenvalue weighted by Gasteiger charge is 2.36. The Hall–Kier alpha value is -0.480. The molecule has 0 spiro atoms. The number of hydrogen-bond donors (Lipinski definition) is 1. The molecule has 1 heterocycles. The van der Waals surface area contributed by atoms with Crippen LogP contribution in [0.2, 0.25) is 0 Å². The third kappa shape index (κ3) is 2.98. The first-order valence-electron chi connectivity index (χ1n) is 5.84. The molecule has 0 aliphatic heterocycles. The molecule has 3 nitrogen and oxygen atoms in total. The molecule has 1 fully saturated rings. The van der Waals surface area contributed by atoms with Crippen molar-refractivity contribution in [2.75, 3.05) is 13.1 Å². The molecule has 15 heavy (non-hydrogen) atoms. The number of rotatable bonds is 6. The molecule has 1 aliphatic carbocycles. The fourth-order valence-corrected chi connectivity index (χ4v) is 2.77. The maximum absolute atomic E-state index is 4.27. The highest BCUT2D eigenvalue weighted by molar-refractivity contribution is 7.11. The van der Waals surface area contributed by atoms with Gasteiger partial charge in [-0.05, 0) is 25.3 Å². The van der Waals surface area contributed by atoms with Crippen LogP contribution in [0.25, 0.3) is 0 Å². The topological polar surface area (TPSA) is 37.8 Å². The summed E-state index contributed by atoms with van der Waals surface area (Å²) in [6.07, 6.45) is 3.53. The molecule has 0 radical (unpaired) electrons. The minimum Gasteiger partial charge on any atom is -0.316 e. The first-order valence-corrected chi connectivity index (χ1v) is 6.66. The standard InChI is InChI=1S/C11H19N3S/c1-3-5-12-6-4-10-13-14-11(15-10)9-7-8(9)2/h8-9,12H,3-7H2,1-2H3. The van der Waals surface area contributed by atoms with Crippen LogP contribution in [0.1, 0.15) is 42.6 Å². The first kappa shape index (κ1) is 11.0. The van der Waals surface area contributed by atoms with Gasteiger partial charge in [-0.15, -0.1) is 21.5 Å². The summed E-state index contributed by atoms with van der Waals surface area (Å²) in [5.41, 5.74) is 0. The van der Waals surface area contributed by atoms with Crippen LogP contribution < -0.4 is 5.32 Å². The minimum atomic E-state index is 0.722. The molecule has 4 heteroatoms. The van der Waals surface area contributed by atoms with Gasteiger partial charge in [0.25, 0.3) is 0 Å². The van der Waals surface area contributed by atoms with E-state index in [4.69, 9.17) is 0 Å². The average Bonchev–Trinajstić information content (AvgIpc) is 2.80. The van der Waals surface area contributed by atoms with E-state index in [-0.39, 0.29) is 0 Å². The summed E-state index contributed by atoms with van der Waals surface area (Å²) in [7, 11) is 0. The summed E-state index contributed by atoms with van der Waals surface area (Å²) in [4.78, 5) is 0. The summed E-state index contributed by atoms with van der Waals surface area (Å²) in [5.74, 6) is 1.56. The lowest BCUT2D eigenvalue weighted by atomic mass is 10.4. The van der Waals surface area contributed by atoms with Gasteiger partial charge < -0.3 is 5.32 Å². The second-order valence-corrected chi connectivity index (χ2v) is 5.45. The van der Waals surface area contributed by atoms with Crippen LogP contribution in [0.15, 0.2) is 0 Å². The van der Waals surface area contributed by atoms with Crippen LogP contribution in [0.3, 0.4) is 0 Å². The molecule has 0 bridgehead atoms. The van der Waals surface area contributed by atoms with E-state index < -0.39 is 0 Å². The van der Waals surface area contributed by atoms with Crippen LogP contribution in [0.5, 0.6) is 0 Å². The van der Waals surface area contributed by atoms with Crippen molar-refractivity contribution in [3.05, 3.63) is 10.0 Å². The molecule has 2 rings (SSSR count). The molecule has 0 saturated heterocycles. The van der Waals surface area contributed by atoms with Gasteiger partial charge in [0.2, 0.25) is 0 Å². The predicted molar refractivity (Wildman–Crippen MR) is 63.3 cm³/mol. The number of hydrogen-bond acceptors (Lipinski definition) is 4. The number of aromatic nitrogens is 2. The van der Waals surface area contributed by atoms with Crippen molar-refractivity contribution in [3.63, 3.8) is 0 Å². The van der Waals surface area contributed by atoms with Crippen LogP contribution in [-0.4, -0.2) is 23.3 Å². The summed E-state index contributed by atoms with van der Waals surface area (Å²) in [6.45, 7) is 6.60. The lowest BCUT2D eigenvalue weighted by molar-refractivity contribution is 0.667. The molecule has 1 saturated carbocycles. The van der Waals surface area contributed by atoms with Gasteiger partial charge in [-0.25, -0.2) is 0 Å². The van der Waals surface area contributed by atoms with Gasteiger partial charge in [0, 0.05) is 18.9 Å². The Bertz CT molecular complexity index is 311. The van der Waals surface area contributed by atoms with Gasteiger partial charge in [0.15, 0.2) is 0 Å². The molecule has 0 amide bonds. The summed E-state index contributed by atoms with van der Waals surface area (Å²) < 4.78 is 0. The Morgan fingerprint density at radius 1 is 1.40 bits per heavy atom. The van der Waals surface area contributed by atoms with E-state index in [0.717, 1.165) is 31.3 Å². The van der Waals surface area contributed by atoms with Crippen LogP contribution in [-0.2, 0) is 6.42 Å². The Labute approximate surface area is 95.3 Å². The minimum absolute atomic E-state index is 0.722. The quantitative estimate of drug-likeness (QED) is 0.754. The van der Waals surface area contributed by atoms with Crippen molar-refractivity contribution in [2.24, 2.45) is 5.92 Å². The monoisotopic (exact) mass is 225 g/mol. The summed E-state index contributed by atoms with van der Waals surface area (Å²) in [5, 5.41) is 14.3. The van der Waals surface area contributed by atoms with Gasteiger partial charge >= 0.3 is 0 Å². The van der Waals surface area contributed by atoms with Crippen molar-refractivity contribution in [1.29, 1.82) is 0 Å². The number of nitrogens with one attached hydrogen (secondary N) is 1. The largest absolute Gasteiger partial charge is 0.316 e. The van der Waals surface area contributed by atoms with Crippen molar-refractivity contribution < 1.29 is 0 Å². The maximum atomic E-state index is 4.27. The molecule has 1 aromatic heterocycles. The smallest absolute Gasteiger partial charge is 0.120 e. The zero-order valence-corrected chi connectivity index (χ0v) is 10.3. The third-order valence-corrected chi connectivity index (χ3v) is 3.97. The van der Waals surface area contributed by atoms with Gasteiger partial charge in [0.05, 0.1) is 0 Å². The molecular formula is C11H19N3S. The molecular weight excluding hydrogens is 206 g/mol. The van der Waals surface area contributed by atoms with Crippen molar-refractivity contribution in [1.82, 2.24) is 15.5 Å². The Morgan fingerprint density at radius 2 is 2.20 bits per heavy atom. The maximum Gasteiger partial charge on any atom is 0.120 e. The molecule has 1 N–H and O–H groups in total. The molecule has 1 aliphatic rings. The molecule has 84 valence electrons. The van der Waals surface area contributed by atoms with Crippen LogP contribution >= 0.6 is 11.3 Å². The van der Waals surface area contributed by atoms with Gasteiger partial charge in [-0.1, -0.05) is 13.8 Å². The fourth-order valence-electron chi connectivity index (χ4n) is 1.68. The summed E-state index contributed by atoms with van der Waals surface area (Å²) in [6, 6.07) is 0. The normalized spacial score (nSPS) is 24.4. The Kier molecular flexibility index (Phi) is 3.70. The molecule has 0 aromatic carbocycles. The van der Waals surface area contributed by atoms with E-state index in [1.165, 1.54) is 22.9 Å². The van der Waals surface area contributed by atoms with E-state index in [1.54, 1.807) is 11.3 Å². The lowest BCUT2D eigenvalue weighted by Gasteiger charge is -1.98. The average molecular weight is 225 g/mol. The Morgan fingerprint density at radius 3 is 2.87 bits per heavy atom. The third-order valence-electron chi connectivity index (χ3n) is 2.85. The SMILES string of the molecule is CCCNCCc1nnc(C2CC2C)s1. The van der Waals surface area contributed by atoms with E-state index in [2.05, 4.69) is 29.4 Å². The lowest BCUT2D eigenvalue weighted by Crippen LogP contribution is -2.17.